The molecule has 0 fully saturated rings. The summed E-state index contributed by atoms with van der Waals surface area (Å²) in [5.41, 5.74) is 0.802. The molecular formula is C13H9Br2F2N. The molecule has 0 spiro atoms. The predicted octanol–water partition coefficient (Wildman–Crippen LogP) is 5.10. The molecule has 2 rings (SSSR count). The number of nitrogens with one attached hydrogen (secondary N) is 1. The van der Waals surface area contributed by atoms with Gasteiger partial charge in [-0.1, -0.05) is 12.1 Å². The second-order valence-corrected chi connectivity index (χ2v) is 5.36. The Bertz CT molecular complexity index is 573. The second-order valence-electron chi connectivity index (χ2n) is 3.66. The maximum atomic E-state index is 13.7. The van der Waals surface area contributed by atoms with Crippen LogP contribution in [-0.4, -0.2) is 0 Å². The van der Waals surface area contributed by atoms with Crippen molar-refractivity contribution in [1.82, 2.24) is 0 Å². The molecule has 0 aliphatic rings. The lowest BCUT2D eigenvalue weighted by molar-refractivity contribution is 0.555. The third-order valence-electron chi connectivity index (χ3n) is 2.47. The third kappa shape index (κ3) is 2.90. The number of benzene rings is 2. The standard InChI is InChI=1S/C13H9Br2F2N/c14-9-3-1-2-4-12(9)18-7-8-11(16)6-5-10(15)13(8)17/h1-6,18H,7H2. The average Bonchev–Trinajstić information content (AvgIpc) is 2.36. The van der Waals surface area contributed by atoms with Crippen molar-refractivity contribution in [3.8, 4) is 0 Å². The molecule has 0 aromatic heterocycles. The summed E-state index contributed by atoms with van der Waals surface area (Å²) in [6, 6.07) is 10.0. The van der Waals surface area contributed by atoms with E-state index in [4.69, 9.17) is 0 Å². The minimum atomic E-state index is -0.574. The maximum absolute atomic E-state index is 13.7. The summed E-state index contributed by atoms with van der Waals surface area (Å²) in [5.74, 6) is -1.13. The van der Waals surface area contributed by atoms with Gasteiger partial charge in [0.2, 0.25) is 0 Å². The van der Waals surface area contributed by atoms with E-state index in [0.717, 1.165) is 10.2 Å². The van der Waals surface area contributed by atoms with Gasteiger partial charge in [0.05, 0.1) is 4.47 Å². The van der Waals surface area contributed by atoms with E-state index in [9.17, 15) is 8.78 Å². The van der Waals surface area contributed by atoms with Gasteiger partial charge >= 0.3 is 0 Å². The van der Waals surface area contributed by atoms with Crippen molar-refractivity contribution in [3.63, 3.8) is 0 Å². The number of para-hydroxylation sites is 1. The Hall–Kier alpha value is -0.940. The van der Waals surface area contributed by atoms with E-state index in [2.05, 4.69) is 37.2 Å². The summed E-state index contributed by atoms with van der Waals surface area (Å²) < 4.78 is 28.4. The minimum absolute atomic E-state index is 0.0140. The van der Waals surface area contributed by atoms with Gasteiger partial charge in [-0.25, -0.2) is 8.78 Å². The molecule has 0 amide bonds. The molecule has 0 saturated carbocycles. The molecule has 0 unspecified atom stereocenters. The van der Waals surface area contributed by atoms with Crippen LogP contribution in [0.3, 0.4) is 0 Å². The van der Waals surface area contributed by atoms with Gasteiger partial charge in [-0.15, -0.1) is 0 Å². The number of hydrogen-bond acceptors (Lipinski definition) is 1. The summed E-state index contributed by atoms with van der Waals surface area (Å²) in [7, 11) is 0. The van der Waals surface area contributed by atoms with Gasteiger partial charge in [-0.3, -0.25) is 0 Å². The van der Waals surface area contributed by atoms with Gasteiger partial charge in [-0.2, -0.15) is 0 Å². The normalized spacial score (nSPS) is 10.4. The smallest absolute Gasteiger partial charge is 0.145 e. The van der Waals surface area contributed by atoms with Crippen molar-refractivity contribution in [2.24, 2.45) is 0 Å². The van der Waals surface area contributed by atoms with Gasteiger partial charge in [-0.05, 0) is 56.1 Å². The summed E-state index contributed by atoms with van der Waals surface area (Å²) in [6.45, 7) is 0.0831. The molecule has 0 atom stereocenters. The average molecular weight is 377 g/mol. The van der Waals surface area contributed by atoms with Crippen molar-refractivity contribution in [3.05, 3.63) is 62.5 Å². The highest BCUT2D eigenvalue weighted by Gasteiger charge is 2.12. The van der Waals surface area contributed by atoms with Crippen LogP contribution in [0.25, 0.3) is 0 Å². The first kappa shape index (κ1) is 13.5. The fourth-order valence-corrected chi connectivity index (χ4v) is 2.32. The van der Waals surface area contributed by atoms with Crippen LogP contribution < -0.4 is 5.32 Å². The SMILES string of the molecule is Fc1ccc(Br)c(F)c1CNc1ccccc1Br. The Balaban J connectivity index is 2.21. The molecule has 0 aliphatic carbocycles. The minimum Gasteiger partial charge on any atom is -0.380 e. The molecule has 0 radical (unpaired) electrons. The molecule has 0 aliphatic heterocycles. The largest absolute Gasteiger partial charge is 0.380 e. The number of hydrogen-bond donors (Lipinski definition) is 1. The Morgan fingerprint density at radius 3 is 2.39 bits per heavy atom. The lowest BCUT2D eigenvalue weighted by Gasteiger charge is -2.10. The lowest BCUT2D eigenvalue weighted by Crippen LogP contribution is -2.05. The van der Waals surface area contributed by atoms with Crippen LogP contribution in [0.2, 0.25) is 0 Å². The molecule has 0 heterocycles. The van der Waals surface area contributed by atoms with E-state index in [1.165, 1.54) is 12.1 Å². The van der Waals surface area contributed by atoms with Crippen molar-refractivity contribution in [2.45, 2.75) is 6.54 Å². The van der Waals surface area contributed by atoms with E-state index in [0.29, 0.717) is 0 Å². The van der Waals surface area contributed by atoms with Crippen molar-refractivity contribution >= 4 is 37.5 Å². The molecule has 0 bridgehead atoms. The molecule has 2 aromatic carbocycles. The van der Waals surface area contributed by atoms with E-state index in [1.54, 1.807) is 0 Å². The van der Waals surface area contributed by atoms with Gasteiger partial charge in [0, 0.05) is 22.3 Å². The summed E-state index contributed by atoms with van der Waals surface area (Å²) in [5, 5.41) is 2.99. The van der Waals surface area contributed by atoms with Crippen molar-refractivity contribution in [2.75, 3.05) is 5.32 Å². The quantitative estimate of drug-likeness (QED) is 0.734. The first-order valence-electron chi connectivity index (χ1n) is 5.20. The van der Waals surface area contributed by atoms with Gasteiger partial charge in [0.1, 0.15) is 11.6 Å². The first-order valence-corrected chi connectivity index (χ1v) is 6.79. The number of rotatable bonds is 3. The van der Waals surface area contributed by atoms with Crippen molar-refractivity contribution < 1.29 is 8.78 Å². The Morgan fingerprint density at radius 1 is 0.944 bits per heavy atom. The zero-order valence-corrected chi connectivity index (χ0v) is 12.4. The number of halogens is 4. The highest BCUT2D eigenvalue weighted by Crippen LogP contribution is 2.25. The molecular weight excluding hydrogens is 368 g/mol. The molecule has 18 heavy (non-hydrogen) atoms. The van der Waals surface area contributed by atoms with Crippen LogP contribution >= 0.6 is 31.9 Å². The lowest BCUT2D eigenvalue weighted by atomic mass is 10.2. The van der Waals surface area contributed by atoms with Crippen LogP contribution in [0.1, 0.15) is 5.56 Å². The Morgan fingerprint density at radius 2 is 1.67 bits per heavy atom. The van der Waals surface area contributed by atoms with Crippen molar-refractivity contribution in [1.29, 1.82) is 0 Å². The zero-order valence-electron chi connectivity index (χ0n) is 9.18. The molecule has 1 nitrogen and oxygen atoms in total. The second kappa shape index (κ2) is 5.80. The third-order valence-corrected chi connectivity index (χ3v) is 3.77. The molecule has 5 heteroatoms. The fourth-order valence-electron chi connectivity index (χ4n) is 1.52. The van der Waals surface area contributed by atoms with Crippen LogP contribution in [0.15, 0.2) is 45.3 Å². The van der Waals surface area contributed by atoms with Gasteiger partial charge in [0.25, 0.3) is 0 Å². The topological polar surface area (TPSA) is 12.0 Å². The Kier molecular flexibility index (Phi) is 4.35. The van der Waals surface area contributed by atoms with Gasteiger partial charge in [0.15, 0.2) is 0 Å². The zero-order chi connectivity index (χ0) is 13.1. The highest BCUT2D eigenvalue weighted by atomic mass is 79.9. The van der Waals surface area contributed by atoms with Crippen LogP contribution in [0.5, 0.6) is 0 Å². The van der Waals surface area contributed by atoms with Crippen LogP contribution in [0, 0.1) is 11.6 Å². The molecule has 1 N–H and O–H groups in total. The molecule has 0 saturated heterocycles. The summed E-state index contributed by atoms with van der Waals surface area (Å²) in [4.78, 5) is 0. The van der Waals surface area contributed by atoms with E-state index in [1.807, 2.05) is 24.3 Å². The highest BCUT2D eigenvalue weighted by molar-refractivity contribution is 9.10. The Labute approximate surface area is 120 Å². The fraction of sp³-hybridized carbons (Fsp3) is 0.0769. The van der Waals surface area contributed by atoms with E-state index < -0.39 is 11.6 Å². The van der Waals surface area contributed by atoms with E-state index >= 15 is 0 Å². The molecule has 2 aromatic rings. The first-order chi connectivity index (χ1) is 8.59. The van der Waals surface area contributed by atoms with E-state index in [-0.39, 0.29) is 16.6 Å². The predicted molar refractivity (Wildman–Crippen MR) is 75.5 cm³/mol. The van der Waals surface area contributed by atoms with Crippen LogP contribution in [-0.2, 0) is 6.54 Å². The van der Waals surface area contributed by atoms with Crippen LogP contribution in [0.4, 0.5) is 14.5 Å². The maximum Gasteiger partial charge on any atom is 0.145 e. The molecule has 94 valence electrons. The van der Waals surface area contributed by atoms with Gasteiger partial charge < -0.3 is 5.32 Å². The summed E-state index contributed by atoms with van der Waals surface area (Å²) >= 11 is 6.40. The summed E-state index contributed by atoms with van der Waals surface area (Å²) in [6.07, 6.45) is 0. The number of anilines is 1. The monoisotopic (exact) mass is 375 g/mol.